The Morgan fingerprint density at radius 2 is 2.19 bits per heavy atom. The highest BCUT2D eigenvalue weighted by atomic mass is 35.5. The molecule has 1 atom stereocenters. The maximum Gasteiger partial charge on any atom is 0.246 e. The molecule has 1 heterocycles. The van der Waals surface area contributed by atoms with Gasteiger partial charge in [0.2, 0.25) is 5.91 Å². The molecular weight excluding hydrogens is 286 g/mol. The standard InChI is InChI=1S/C16H20ClN3O/c1-12(2)10-20(16(21)7-4-13(3)17)11-14-5-6-15(8-18)19-9-14/h4-7,9,12-13H,10-11H2,1-3H3/b7-4+. The van der Waals surface area contributed by atoms with Crippen molar-refractivity contribution in [3.8, 4) is 6.07 Å². The van der Waals surface area contributed by atoms with Crippen LogP contribution in [0.4, 0.5) is 0 Å². The average molecular weight is 306 g/mol. The summed E-state index contributed by atoms with van der Waals surface area (Å²) in [5.74, 6) is 0.294. The summed E-state index contributed by atoms with van der Waals surface area (Å²) in [7, 11) is 0. The van der Waals surface area contributed by atoms with Crippen LogP contribution in [0.5, 0.6) is 0 Å². The lowest BCUT2D eigenvalue weighted by molar-refractivity contribution is -0.127. The summed E-state index contributed by atoms with van der Waals surface area (Å²) in [6.07, 6.45) is 4.82. The highest BCUT2D eigenvalue weighted by Gasteiger charge is 2.13. The first-order chi connectivity index (χ1) is 9.92. The van der Waals surface area contributed by atoms with Crippen molar-refractivity contribution >= 4 is 17.5 Å². The predicted octanol–water partition coefficient (Wildman–Crippen LogP) is 3.12. The summed E-state index contributed by atoms with van der Waals surface area (Å²) < 4.78 is 0. The van der Waals surface area contributed by atoms with Gasteiger partial charge in [-0.3, -0.25) is 4.79 Å². The van der Waals surface area contributed by atoms with Gasteiger partial charge in [-0.25, -0.2) is 4.98 Å². The molecule has 0 saturated carbocycles. The number of halogens is 1. The molecule has 0 saturated heterocycles. The van der Waals surface area contributed by atoms with Crippen LogP contribution in [0.3, 0.4) is 0 Å². The van der Waals surface area contributed by atoms with E-state index in [4.69, 9.17) is 16.9 Å². The number of allylic oxidation sites excluding steroid dienone is 1. The van der Waals surface area contributed by atoms with Crippen LogP contribution in [0.1, 0.15) is 32.0 Å². The number of carbonyl (C=O) groups excluding carboxylic acids is 1. The summed E-state index contributed by atoms with van der Waals surface area (Å²) in [5.41, 5.74) is 1.27. The fourth-order valence-corrected chi connectivity index (χ4v) is 1.87. The molecule has 0 aromatic carbocycles. The average Bonchev–Trinajstić information content (AvgIpc) is 2.44. The van der Waals surface area contributed by atoms with Crippen LogP contribution < -0.4 is 0 Å². The number of pyridine rings is 1. The Labute approximate surface area is 131 Å². The van der Waals surface area contributed by atoms with Gasteiger partial charge >= 0.3 is 0 Å². The minimum absolute atomic E-state index is 0.0689. The van der Waals surface area contributed by atoms with Crippen molar-refractivity contribution in [2.24, 2.45) is 5.92 Å². The van der Waals surface area contributed by atoms with Crippen molar-refractivity contribution in [1.82, 2.24) is 9.88 Å². The van der Waals surface area contributed by atoms with E-state index in [-0.39, 0.29) is 11.3 Å². The van der Waals surface area contributed by atoms with Crippen molar-refractivity contribution in [3.05, 3.63) is 41.7 Å². The molecule has 112 valence electrons. The van der Waals surface area contributed by atoms with Crippen LogP contribution in [0, 0.1) is 17.2 Å². The summed E-state index contributed by atoms with van der Waals surface area (Å²) in [4.78, 5) is 18.0. The number of carbonyl (C=O) groups is 1. The summed E-state index contributed by atoms with van der Waals surface area (Å²) in [6.45, 7) is 7.05. The third-order valence-electron chi connectivity index (χ3n) is 2.71. The van der Waals surface area contributed by atoms with Gasteiger partial charge in [-0.15, -0.1) is 11.6 Å². The number of nitrogens with zero attached hydrogens (tertiary/aromatic N) is 3. The number of hydrogen-bond acceptors (Lipinski definition) is 3. The highest BCUT2D eigenvalue weighted by Crippen LogP contribution is 2.09. The Balaban J connectivity index is 2.82. The van der Waals surface area contributed by atoms with Gasteiger partial charge < -0.3 is 4.90 Å². The Morgan fingerprint density at radius 1 is 1.48 bits per heavy atom. The minimum Gasteiger partial charge on any atom is -0.335 e. The number of nitriles is 1. The quantitative estimate of drug-likeness (QED) is 0.599. The molecule has 0 bridgehead atoms. The van der Waals surface area contributed by atoms with Gasteiger partial charge in [0.25, 0.3) is 0 Å². The van der Waals surface area contributed by atoms with E-state index in [1.807, 2.05) is 19.1 Å². The molecule has 0 aliphatic carbocycles. The number of amides is 1. The molecule has 1 unspecified atom stereocenters. The number of alkyl halides is 1. The molecule has 0 aliphatic heterocycles. The number of aromatic nitrogens is 1. The predicted molar refractivity (Wildman–Crippen MR) is 83.7 cm³/mol. The second kappa shape index (κ2) is 8.43. The second-order valence-corrected chi connectivity index (χ2v) is 6.00. The van der Waals surface area contributed by atoms with Gasteiger partial charge in [0.15, 0.2) is 0 Å². The zero-order valence-corrected chi connectivity index (χ0v) is 13.3. The van der Waals surface area contributed by atoms with Crippen molar-refractivity contribution in [3.63, 3.8) is 0 Å². The van der Waals surface area contributed by atoms with Gasteiger partial charge in [-0.05, 0) is 24.5 Å². The van der Waals surface area contributed by atoms with Crippen molar-refractivity contribution in [1.29, 1.82) is 5.26 Å². The number of rotatable bonds is 6. The Bertz CT molecular complexity index is 529. The zero-order chi connectivity index (χ0) is 15.8. The second-order valence-electron chi connectivity index (χ2n) is 5.31. The zero-order valence-electron chi connectivity index (χ0n) is 12.6. The lowest BCUT2D eigenvalue weighted by Crippen LogP contribution is -2.32. The molecule has 1 aromatic heterocycles. The van der Waals surface area contributed by atoms with Gasteiger partial charge in [0.1, 0.15) is 11.8 Å². The highest BCUT2D eigenvalue weighted by molar-refractivity contribution is 6.21. The van der Waals surface area contributed by atoms with Crippen molar-refractivity contribution < 1.29 is 4.79 Å². The molecule has 0 spiro atoms. The Hall–Kier alpha value is -1.86. The molecule has 0 radical (unpaired) electrons. The van der Waals surface area contributed by atoms with Gasteiger partial charge in [0.05, 0.1) is 0 Å². The van der Waals surface area contributed by atoms with E-state index in [1.54, 1.807) is 23.2 Å². The maximum atomic E-state index is 12.2. The van der Waals surface area contributed by atoms with E-state index in [9.17, 15) is 4.79 Å². The van der Waals surface area contributed by atoms with E-state index >= 15 is 0 Å². The van der Waals surface area contributed by atoms with Crippen LogP contribution in [-0.4, -0.2) is 27.7 Å². The number of hydrogen-bond donors (Lipinski definition) is 0. The summed E-state index contributed by atoms with van der Waals surface area (Å²) in [6, 6.07) is 5.45. The minimum atomic E-state index is -0.175. The first kappa shape index (κ1) is 17.2. The maximum absolute atomic E-state index is 12.2. The summed E-state index contributed by atoms with van der Waals surface area (Å²) >= 11 is 5.83. The molecule has 0 fully saturated rings. The topological polar surface area (TPSA) is 57.0 Å². The molecule has 21 heavy (non-hydrogen) atoms. The SMILES string of the molecule is CC(Cl)/C=C/C(=O)N(Cc1ccc(C#N)nc1)CC(C)C. The van der Waals surface area contributed by atoms with Crippen LogP contribution in [0.2, 0.25) is 0 Å². The van der Waals surface area contributed by atoms with E-state index in [2.05, 4.69) is 18.8 Å². The van der Waals surface area contributed by atoms with E-state index in [0.717, 1.165) is 5.56 Å². The van der Waals surface area contributed by atoms with Crippen LogP contribution in [0.15, 0.2) is 30.5 Å². The van der Waals surface area contributed by atoms with Gasteiger partial charge in [-0.1, -0.05) is 26.0 Å². The smallest absolute Gasteiger partial charge is 0.246 e. The monoisotopic (exact) mass is 305 g/mol. The first-order valence-corrected chi connectivity index (χ1v) is 7.32. The molecule has 1 rings (SSSR count). The fraction of sp³-hybridized carbons (Fsp3) is 0.438. The van der Waals surface area contributed by atoms with Crippen molar-refractivity contribution in [2.45, 2.75) is 32.7 Å². The third kappa shape index (κ3) is 6.42. The Kier molecular flexibility index (Phi) is 6.90. The van der Waals surface area contributed by atoms with Crippen LogP contribution in [-0.2, 0) is 11.3 Å². The van der Waals surface area contributed by atoms with Gasteiger partial charge in [-0.2, -0.15) is 5.26 Å². The normalized spacial score (nSPS) is 12.4. The molecule has 0 N–H and O–H groups in total. The molecule has 5 heteroatoms. The first-order valence-electron chi connectivity index (χ1n) is 6.88. The molecule has 1 aromatic rings. The third-order valence-corrected chi connectivity index (χ3v) is 2.86. The molecule has 4 nitrogen and oxygen atoms in total. The van der Waals surface area contributed by atoms with Crippen molar-refractivity contribution in [2.75, 3.05) is 6.54 Å². The van der Waals surface area contributed by atoms with E-state index < -0.39 is 0 Å². The largest absolute Gasteiger partial charge is 0.335 e. The lowest BCUT2D eigenvalue weighted by atomic mass is 10.1. The van der Waals surface area contributed by atoms with E-state index in [0.29, 0.717) is 24.7 Å². The summed E-state index contributed by atoms with van der Waals surface area (Å²) in [5, 5.41) is 8.57. The molecular formula is C16H20ClN3O. The fourth-order valence-electron chi connectivity index (χ4n) is 1.80. The molecule has 1 amide bonds. The lowest BCUT2D eigenvalue weighted by Gasteiger charge is -2.23. The van der Waals surface area contributed by atoms with Crippen LogP contribution >= 0.6 is 11.6 Å². The molecule has 0 aliphatic rings. The van der Waals surface area contributed by atoms with Crippen LogP contribution in [0.25, 0.3) is 0 Å². The van der Waals surface area contributed by atoms with Gasteiger partial charge in [0, 0.05) is 30.7 Å². The Morgan fingerprint density at radius 3 is 2.67 bits per heavy atom. The van der Waals surface area contributed by atoms with E-state index in [1.165, 1.54) is 6.08 Å².